The van der Waals surface area contributed by atoms with Crippen LogP contribution in [-0.4, -0.2) is 38.0 Å². The quantitative estimate of drug-likeness (QED) is 0.687. The summed E-state index contributed by atoms with van der Waals surface area (Å²) in [6.07, 6.45) is 1.12. The molecule has 0 spiro atoms. The van der Waals surface area contributed by atoms with Crippen molar-refractivity contribution in [3.05, 3.63) is 0 Å². The first-order chi connectivity index (χ1) is 5.63. The predicted molar refractivity (Wildman–Crippen MR) is 56.1 cm³/mol. The van der Waals surface area contributed by atoms with Crippen molar-refractivity contribution in [2.45, 2.75) is 13.3 Å². The van der Waals surface area contributed by atoms with E-state index in [1.54, 1.807) is 4.90 Å². The molecule has 1 heterocycles. The molecule has 78 valence electrons. The van der Waals surface area contributed by atoms with Gasteiger partial charge in [0.2, 0.25) is 5.91 Å². The van der Waals surface area contributed by atoms with Crippen LogP contribution < -0.4 is 5.32 Å². The van der Waals surface area contributed by atoms with E-state index < -0.39 is 0 Å². The molecule has 0 aromatic heterocycles. The zero-order chi connectivity index (χ0) is 9.14. The van der Waals surface area contributed by atoms with E-state index in [1.807, 2.05) is 14.1 Å². The van der Waals surface area contributed by atoms with E-state index in [2.05, 4.69) is 12.2 Å². The average Bonchev–Trinajstić information content (AvgIpc) is 2.04. The maximum Gasteiger partial charge on any atom is 0.226 e. The molecule has 1 aliphatic heterocycles. The average molecular weight is 207 g/mol. The summed E-state index contributed by atoms with van der Waals surface area (Å²) < 4.78 is 0. The fourth-order valence-electron chi connectivity index (χ4n) is 1.65. The van der Waals surface area contributed by atoms with Gasteiger partial charge < -0.3 is 10.2 Å². The van der Waals surface area contributed by atoms with Crippen LogP contribution in [0.25, 0.3) is 0 Å². The maximum atomic E-state index is 11.6. The minimum Gasteiger partial charge on any atom is -0.349 e. The summed E-state index contributed by atoms with van der Waals surface area (Å²) in [7, 11) is 3.65. The molecule has 2 atom stereocenters. The Bertz CT molecular complexity index is 173. The fraction of sp³-hybridized carbons (Fsp3) is 0.889. The van der Waals surface area contributed by atoms with Gasteiger partial charge in [0, 0.05) is 20.6 Å². The summed E-state index contributed by atoms with van der Waals surface area (Å²) in [5.41, 5.74) is 0. The largest absolute Gasteiger partial charge is 0.349 e. The zero-order valence-electron chi connectivity index (χ0n) is 8.54. The van der Waals surface area contributed by atoms with Gasteiger partial charge in [-0.15, -0.1) is 12.4 Å². The molecule has 0 aromatic rings. The minimum atomic E-state index is 0. The molecule has 1 fully saturated rings. The number of nitrogens with zero attached hydrogens (tertiary/aromatic N) is 1. The normalized spacial score (nSPS) is 27.6. The first-order valence-electron chi connectivity index (χ1n) is 4.55. The first kappa shape index (κ1) is 12.7. The molecule has 1 saturated heterocycles. The Balaban J connectivity index is 0.00000144. The first-order valence-corrected chi connectivity index (χ1v) is 4.55. The van der Waals surface area contributed by atoms with Gasteiger partial charge in [-0.1, -0.05) is 6.92 Å². The number of amides is 1. The van der Waals surface area contributed by atoms with E-state index in [-0.39, 0.29) is 24.2 Å². The highest BCUT2D eigenvalue weighted by Gasteiger charge is 2.28. The summed E-state index contributed by atoms with van der Waals surface area (Å²) in [5, 5.41) is 3.25. The zero-order valence-corrected chi connectivity index (χ0v) is 9.36. The summed E-state index contributed by atoms with van der Waals surface area (Å²) in [6.45, 7) is 4.06. The van der Waals surface area contributed by atoms with Gasteiger partial charge in [-0.2, -0.15) is 0 Å². The topological polar surface area (TPSA) is 32.3 Å². The van der Waals surface area contributed by atoms with Crippen molar-refractivity contribution in [1.29, 1.82) is 0 Å². The molecule has 1 rings (SSSR count). The maximum absolute atomic E-state index is 11.6. The van der Waals surface area contributed by atoms with Crippen LogP contribution in [0.4, 0.5) is 0 Å². The molecule has 13 heavy (non-hydrogen) atoms. The third-order valence-corrected chi connectivity index (χ3v) is 2.59. The molecule has 3 nitrogen and oxygen atoms in total. The van der Waals surface area contributed by atoms with Gasteiger partial charge in [-0.3, -0.25) is 4.79 Å². The van der Waals surface area contributed by atoms with E-state index in [1.165, 1.54) is 0 Å². The van der Waals surface area contributed by atoms with Crippen molar-refractivity contribution < 1.29 is 4.79 Å². The van der Waals surface area contributed by atoms with Crippen LogP contribution in [0.5, 0.6) is 0 Å². The van der Waals surface area contributed by atoms with E-state index in [9.17, 15) is 4.79 Å². The van der Waals surface area contributed by atoms with Gasteiger partial charge in [-0.05, 0) is 18.9 Å². The molecule has 0 aromatic carbocycles. The van der Waals surface area contributed by atoms with Crippen LogP contribution in [0.15, 0.2) is 0 Å². The SMILES string of the molecule is CC1CCNC[C@H]1C(=O)N(C)C.Cl. The number of nitrogens with one attached hydrogen (secondary N) is 1. The van der Waals surface area contributed by atoms with Crippen molar-refractivity contribution in [2.24, 2.45) is 11.8 Å². The lowest BCUT2D eigenvalue weighted by Gasteiger charge is -2.30. The Labute approximate surface area is 86.3 Å². The van der Waals surface area contributed by atoms with Crippen LogP contribution in [0.3, 0.4) is 0 Å². The lowest BCUT2D eigenvalue weighted by Crippen LogP contribution is -2.44. The number of rotatable bonds is 1. The molecule has 0 aliphatic carbocycles. The molecule has 1 aliphatic rings. The number of piperidine rings is 1. The van der Waals surface area contributed by atoms with Crippen molar-refractivity contribution in [3.63, 3.8) is 0 Å². The number of carbonyl (C=O) groups is 1. The predicted octanol–water partition coefficient (Wildman–Crippen LogP) is 0.742. The van der Waals surface area contributed by atoms with Crippen LogP contribution >= 0.6 is 12.4 Å². The third kappa shape index (κ3) is 3.16. The summed E-state index contributed by atoms with van der Waals surface area (Å²) >= 11 is 0. The van der Waals surface area contributed by atoms with Gasteiger partial charge in [0.05, 0.1) is 5.92 Å². The number of hydrogen-bond donors (Lipinski definition) is 1. The van der Waals surface area contributed by atoms with E-state index >= 15 is 0 Å². The fourth-order valence-corrected chi connectivity index (χ4v) is 1.65. The van der Waals surface area contributed by atoms with Crippen LogP contribution in [0.2, 0.25) is 0 Å². The highest BCUT2D eigenvalue weighted by molar-refractivity contribution is 5.85. The Morgan fingerprint density at radius 2 is 2.08 bits per heavy atom. The standard InChI is InChI=1S/C9H18N2O.ClH/c1-7-4-5-10-6-8(7)9(12)11(2)3;/h7-8,10H,4-6H2,1-3H3;1H/t7?,8-;/m1./s1. The second-order valence-corrected chi connectivity index (χ2v) is 3.81. The van der Waals surface area contributed by atoms with E-state index in [4.69, 9.17) is 0 Å². The molecule has 1 N–H and O–H groups in total. The minimum absolute atomic E-state index is 0. The number of hydrogen-bond acceptors (Lipinski definition) is 2. The van der Waals surface area contributed by atoms with Gasteiger partial charge in [0.25, 0.3) is 0 Å². The monoisotopic (exact) mass is 206 g/mol. The van der Waals surface area contributed by atoms with Gasteiger partial charge in [0.15, 0.2) is 0 Å². The Morgan fingerprint density at radius 1 is 1.46 bits per heavy atom. The van der Waals surface area contributed by atoms with E-state index in [0.717, 1.165) is 19.5 Å². The lowest BCUT2D eigenvalue weighted by molar-refractivity contribution is -0.135. The third-order valence-electron chi connectivity index (χ3n) is 2.59. The van der Waals surface area contributed by atoms with Crippen LogP contribution in [0, 0.1) is 11.8 Å². The molecular formula is C9H19ClN2O. The molecule has 1 amide bonds. The Hall–Kier alpha value is -0.280. The van der Waals surface area contributed by atoms with Gasteiger partial charge >= 0.3 is 0 Å². The summed E-state index contributed by atoms with van der Waals surface area (Å²) in [4.78, 5) is 13.3. The molecule has 0 saturated carbocycles. The summed E-state index contributed by atoms with van der Waals surface area (Å²) in [5.74, 6) is 0.976. The number of halogens is 1. The second-order valence-electron chi connectivity index (χ2n) is 3.81. The van der Waals surface area contributed by atoms with Gasteiger partial charge in [0.1, 0.15) is 0 Å². The van der Waals surface area contributed by atoms with E-state index in [0.29, 0.717) is 5.92 Å². The molecule has 0 radical (unpaired) electrons. The molecule has 1 unspecified atom stereocenters. The number of carbonyl (C=O) groups excluding carboxylic acids is 1. The summed E-state index contributed by atoms with van der Waals surface area (Å²) in [6, 6.07) is 0. The van der Waals surface area contributed by atoms with Crippen molar-refractivity contribution in [2.75, 3.05) is 27.2 Å². The van der Waals surface area contributed by atoms with Crippen molar-refractivity contribution in [1.82, 2.24) is 10.2 Å². The van der Waals surface area contributed by atoms with Crippen molar-refractivity contribution in [3.8, 4) is 0 Å². The molecule has 0 bridgehead atoms. The highest BCUT2D eigenvalue weighted by Crippen LogP contribution is 2.19. The van der Waals surface area contributed by atoms with Crippen molar-refractivity contribution >= 4 is 18.3 Å². The molecular weight excluding hydrogens is 188 g/mol. The highest BCUT2D eigenvalue weighted by atomic mass is 35.5. The molecule has 4 heteroatoms. The Morgan fingerprint density at radius 3 is 2.54 bits per heavy atom. The second kappa shape index (κ2) is 5.45. The van der Waals surface area contributed by atoms with Crippen LogP contribution in [0.1, 0.15) is 13.3 Å². The lowest BCUT2D eigenvalue weighted by atomic mass is 9.87. The smallest absolute Gasteiger partial charge is 0.226 e. The van der Waals surface area contributed by atoms with Crippen LogP contribution in [-0.2, 0) is 4.79 Å². The van der Waals surface area contributed by atoms with Gasteiger partial charge in [-0.25, -0.2) is 0 Å². The Kier molecular flexibility index (Phi) is 5.33.